The number of allylic oxidation sites excluding steroid dienone is 1. The molecular weight excluding hydrogens is 653 g/mol. The molecule has 3 heterocycles. The fourth-order valence-corrected chi connectivity index (χ4v) is 7.59. The summed E-state index contributed by atoms with van der Waals surface area (Å²) in [4.78, 5) is 33.9. The Morgan fingerprint density at radius 2 is 1.80 bits per heavy atom. The first-order valence-electron chi connectivity index (χ1n) is 16.9. The van der Waals surface area contributed by atoms with E-state index in [9.17, 15) is 34.2 Å². The molecule has 3 aromatic carbocycles. The van der Waals surface area contributed by atoms with Gasteiger partial charge in [0.05, 0.1) is 29.3 Å². The molecule has 7 rings (SSSR count). The Balaban J connectivity index is 1.24. The van der Waals surface area contributed by atoms with Crippen molar-refractivity contribution in [1.29, 1.82) is 0 Å². The number of phenolic OH excluding ortho intramolecular Hbond substituents is 1. The van der Waals surface area contributed by atoms with Crippen LogP contribution in [0.15, 0.2) is 108 Å². The highest BCUT2D eigenvalue weighted by Crippen LogP contribution is 2.51. The van der Waals surface area contributed by atoms with Crippen molar-refractivity contribution in [3.63, 3.8) is 0 Å². The van der Waals surface area contributed by atoms with Gasteiger partial charge in [-0.15, -0.1) is 0 Å². The maximum Gasteiger partial charge on any atom is 0.488 e. The number of aromatic nitrogens is 1. The lowest BCUT2D eigenvalue weighted by Crippen LogP contribution is -2.46. The van der Waals surface area contributed by atoms with Crippen LogP contribution < -0.4 is 15.1 Å². The quantitative estimate of drug-likeness (QED) is 0.110. The van der Waals surface area contributed by atoms with Crippen molar-refractivity contribution in [3.8, 4) is 11.5 Å². The van der Waals surface area contributed by atoms with Gasteiger partial charge in [0.15, 0.2) is 11.6 Å². The van der Waals surface area contributed by atoms with Crippen LogP contribution in [-0.2, 0) is 14.2 Å². The van der Waals surface area contributed by atoms with Crippen LogP contribution in [-0.4, -0.2) is 63.9 Å². The number of phenols is 1. The number of imide groups is 1. The summed E-state index contributed by atoms with van der Waals surface area (Å²) in [6.45, 7) is 0.137. The van der Waals surface area contributed by atoms with Crippen LogP contribution in [0.5, 0.6) is 11.5 Å². The van der Waals surface area contributed by atoms with Gasteiger partial charge in [-0.05, 0) is 114 Å². The van der Waals surface area contributed by atoms with Crippen LogP contribution in [0.4, 0.5) is 10.1 Å². The Hall–Kier alpha value is -5.07. The van der Waals surface area contributed by atoms with E-state index in [-0.39, 0.29) is 30.5 Å². The summed E-state index contributed by atoms with van der Waals surface area (Å²) in [6, 6.07) is 24.9. The van der Waals surface area contributed by atoms with E-state index in [4.69, 9.17) is 9.39 Å². The van der Waals surface area contributed by atoms with Crippen molar-refractivity contribution < 1.29 is 43.5 Å². The molecule has 2 aliphatic heterocycles. The van der Waals surface area contributed by atoms with Gasteiger partial charge >= 0.3 is 14.2 Å². The van der Waals surface area contributed by atoms with E-state index in [1.54, 1.807) is 36.5 Å². The van der Waals surface area contributed by atoms with Gasteiger partial charge in [0.25, 0.3) is 0 Å². The molecule has 0 unspecified atom stereocenters. The number of ether oxygens (including phenoxy) is 1. The fourth-order valence-electron chi connectivity index (χ4n) is 7.59. The molecule has 0 saturated carbocycles. The van der Waals surface area contributed by atoms with Crippen molar-refractivity contribution in [3.05, 3.63) is 125 Å². The van der Waals surface area contributed by atoms with E-state index in [2.05, 4.69) is 4.98 Å². The number of hydrogen-bond donors (Lipinski definition) is 4. The lowest BCUT2D eigenvalue weighted by Gasteiger charge is -2.43. The van der Waals surface area contributed by atoms with Gasteiger partial charge in [-0.2, -0.15) is 0 Å². The number of para-hydroxylation sites is 1. The van der Waals surface area contributed by atoms with Gasteiger partial charge in [0.2, 0.25) is 11.8 Å². The van der Waals surface area contributed by atoms with Crippen molar-refractivity contribution in [1.82, 2.24) is 4.98 Å². The van der Waals surface area contributed by atoms with Crippen molar-refractivity contribution in [2.75, 3.05) is 11.5 Å². The Bertz CT molecular complexity index is 1990. The maximum atomic E-state index is 14.3. The number of fused-ring (bicyclic) bond motifs is 3. The summed E-state index contributed by atoms with van der Waals surface area (Å²) in [5.74, 6) is -3.42. The minimum atomic E-state index is -1.78. The number of aromatic hydroxyl groups is 1. The number of nitrogens with zero attached hydrogens (tertiary/aromatic N) is 2. The molecule has 258 valence electrons. The third kappa shape index (κ3) is 7.11. The van der Waals surface area contributed by atoms with Crippen LogP contribution in [0.3, 0.4) is 0 Å². The van der Waals surface area contributed by atoms with E-state index in [0.29, 0.717) is 29.8 Å². The molecular formula is C38H35B2FN2O8. The zero-order chi connectivity index (χ0) is 35.6. The summed E-state index contributed by atoms with van der Waals surface area (Å²) in [6.07, 6.45) is 3.89. The zero-order valence-corrected chi connectivity index (χ0v) is 27.5. The van der Waals surface area contributed by atoms with Crippen molar-refractivity contribution in [2.24, 2.45) is 17.8 Å². The number of amides is 2. The monoisotopic (exact) mass is 688 g/mol. The average molecular weight is 688 g/mol. The first-order valence-corrected chi connectivity index (χ1v) is 16.9. The highest BCUT2D eigenvalue weighted by Gasteiger charge is 2.57. The van der Waals surface area contributed by atoms with E-state index < -0.39 is 61.5 Å². The number of rotatable bonds is 10. The molecule has 2 amide bonds. The second kappa shape index (κ2) is 14.7. The highest BCUT2D eigenvalue weighted by molar-refractivity contribution is 6.58. The Kier molecular flexibility index (Phi) is 9.88. The van der Waals surface area contributed by atoms with Crippen LogP contribution in [0.2, 0.25) is 6.32 Å². The van der Waals surface area contributed by atoms with E-state index >= 15 is 0 Å². The third-order valence-electron chi connectivity index (χ3n) is 9.87. The average Bonchev–Trinajstić information content (AvgIpc) is 3.39. The minimum absolute atomic E-state index is 0.0970. The topological polar surface area (TPSA) is 150 Å². The molecule has 0 radical (unpaired) electrons. The molecule has 1 aliphatic carbocycles. The van der Waals surface area contributed by atoms with Gasteiger partial charge in [0, 0.05) is 6.20 Å². The predicted molar refractivity (Wildman–Crippen MR) is 190 cm³/mol. The first kappa shape index (κ1) is 34.4. The van der Waals surface area contributed by atoms with Gasteiger partial charge in [0.1, 0.15) is 12.4 Å². The lowest BCUT2D eigenvalue weighted by atomic mass is 9.58. The summed E-state index contributed by atoms with van der Waals surface area (Å²) in [7, 11) is -2.99. The van der Waals surface area contributed by atoms with Crippen LogP contribution in [0.1, 0.15) is 30.5 Å². The van der Waals surface area contributed by atoms with E-state index in [1.807, 2.05) is 42.5 Å². The fraction of sp³-hybridized carbons (Fsp3) is 0.237. The molecule has 0 spiro atoms. The second-order valence-corrected chi connectivity index (χ2v) is 13.0. The molecule has 3 aliphatic rings. The smallest absolute Gasteiger partial charge is 0.488 e. The van der Waals surface area contributed by atoms with Crippen molar-refractivity contribution >= 4 is 48.9 Å². The first-order chi connectivity index (χ1) is 24.7. The standard InChI is InChI=1S/C38H35B2FN2O8/c41-31-18-23(12-14-33(31)44)17-24(32-11-4-5-16-42-32)13-15-34-35-25(22-50-28-9-2-1-3-10-28)19-29-36(30(35)21-39(47)51-34)38(46)43(37(29)45)27-8-6-7-26(20-27)40(48)49/h1-12,14,16-18,20,29-30,34,36,44,47-49H,13,15,19,21-22H2/b24-17-/t29-,30+,34-,36-/m1/s1. The molecule has 0 bridgehead atoms. The summed E-state index contributed by atoms with van der Waals surface area (Å²) >= 11 is 0. The molecule has 2 fully saturated rings. The van der Waals surface area contributed by atoms with Gasteiger partial charge in [-0.1, -0.05) is 42.5 Å². The number of carbonyl (C=O) groups is 2. The molecule has 4 atom stereocenters. The maximum absolute atomic E-state index is 14.3. The van der Waals surface area contributed by atoms with Gasteiger partial charge < -0.3 is 29.6 Å². The zero-order valence-electron chi connectivity index (χ0n) is 27.5. The van der Waals surface area contributed by atoms with Crippen LogP contribution in [0.25, 0.3) is 11.6 Å². The highest BCUT2D eigenvalue weighted by atomic mass is 19.1. The largest absolute Gasteiger partial charge is 0.505 e. The second-order valence-electron chi connectivity index (χ2n) is 13.0. The van der Waals surface area contributed by atoms with E-state index in [0.717, 1.165) is 21.6 Å². The number of carbonyl (C=O) groups excluding carboxylic acids is 2. The van der Waals surface area contributed by atoms with E-state index in [1.165, 1.54) is 24.3 Å². The number of halogens is 1. The molecule has 1 aromatic heterocycles. The summed E-state index contributed by atoms with van der Waals surface area (Å²) < 4.78 is 26.7. The number of hydrogen-bond acceptors (Lipinski definition) is 9. The Labute approximate surface area is 294 Å². The molecule has 10 nitrogen and oxygen atoms in total. The SMILES string of the molecule is O=C1[C@@H]2[C@@H](CC(COc3ccccc3)=C3[C@@H](CC/C(=C/c4ccc(O)c(F)c4)c4ccccn4)OB(O)C[C@@H]32)C(=O)N1c1cccc(B(O)O)c1. The normalized spacial score (nSPS) is 21.8. The van der Waals surface area contributed by atoms with Gasteiger partial charge in [-0.3, -0.25) is 19.5 Å². The minimum Gasteiger partial charge on any atom is -0.505 e. The van der Waals surface area contributed by atoms with Gasteiger partial charge in [-0.25, -0.2) is 4.39 Å². The van der Waals surface area contributed by atoms with Crippen molar-refractivity contribution in [2.45, 2.75) is 31.7 Å². The summed E-state index contributed by atoms with van der Waals surface area (Å²) in [5, 5.41) is 40.4. The molecule has 4 aromatic rings. The lowest BCUT2D eigenvalue weighted by molar-refractivity contribution is -0.122. The number of pyridine rings is 1. The number of anilines is 1. The third-order valence-corrected chi connectivity index (χ3v) is 9.87. The molecule has 51 heavy (non-hydrogen) atoms. The predicted octanol–water partition coefficient (Wildman–Crippen LogP) is 4.01. The Morgan fingerprint density at radius 3 is 2.55 bits per heavy atom. The number of benzene rings is 3. The Morgan fingerprint density at radius 1 is 1.00 bits per heavy atom. The molecule has 2 saturated heterocycles. The summed E-state index contributed by atoms with van der Waals surface area (Å²) in [5.41, 5.74) is 3.97. The van der Waals surface area contributed by atoms with Crippen LogP contribution >= 0.6 is 0 Å². The molecule has 13 heteroatoms. The van der Waals surface area contributed by atoms with Crippen LogP contribution in [0, 0.1) is 23.6 Å². The molecule has 4 N–H and O–H groups in total.